The standard InChI is InChI=1S/C14H14FN/c1-9-3-4-14(16)13(7-9)11-5-10(2)6-12(15)8-11/h3-8H,16H2,1-2H3. The van der Waals surface area contributed by atoms with Crippen molar-refractivity contribution in [3.63, 3.8) is 0 Å². The fourth-order valence-electron chi connectivity index (χ4n) is 1.81. The Morgan fingerprint density at radius 2 is 1.69 bits per heavy atom. The Kier molecular flexibility index (Phi) is 2.65. The summed E-state index contributed by atoms with van der Waals surface area (Å²) in [6.07, 6.45) is 0. The second-order valence-electron chi connectivity index (χ2n) is 4.11. The maximum Gasteiger partial charge on any atom is 0.124 e. The molecule has 0 saturated heterocycles. The van der Waals surface area contributed by atoms with Crippen molar-refractivity contribution in [2.24, 2.45) is 0 Å². The van der Waals surface area contributed by atoms with E-state index in [0.29, 0.717) is 5.69 Å². The molecule has 0 atom stereocenters. The van der Waals surface area contributed by atoms with Gasteiger partial charge in [0.05, 0.1) is 0 Å². The molecule has 16 heavy (non-hydrogen) atoms. The molecule has 2 rings (SSSR count). The number of hydrogen-bond donors (Lipinski definition) is 1. The largest absolute Gasteiger partial charge is 0.398 e. The van der Waals surface area contributed by atoms with Gasteiger partial charge in [-0.15, -0.1) is 0 Å². The normalized spacial score (nSPS) is 10.4. The molecule has 2 heteroatoms. The van der Waals surface area contributed by atoms with Gasteiger partial charge < -0.3 is 5.73 Å². The highest BCUT2D eigenvalue weighted by Crippen LogP contribution is 2.28. The predicted octanol–water partition coefficient (Wildman–Crippen LogP) is 3.69. The van der Waals surface area contributed by atoms with E-state index in [1.165, 1.54) is 12.1 Å². The number of anilines is 1. The number of rotatable bonds is 1. The van der Waals surface area contributed by atoms with Crippen LogP contribution in [0.15, 0.2) is 36.4 Å². The molecule has 0 spiro atoms. The minimum atomic E-state index is -0.226. The molecule has 1 nitrogen and oxygen atoms in total. The maximum atomic E-state index is 13.3. The number of hydrogen-bond acceptors (Lipinski definition) is 1. The highest BCUT2D eigenvalue weighted by molar-refractivity contribution is 5.77. The average Bonchev–Trinajstić information content (AvgIpc) is 2.20. The number of halogens is 1. The summed E-state index contributed by atoms with van der Waals surface area (Å²) in [4.78, 5) is 0. The van der Waals surface area contributed by atoms with Crippen LogP contribution in [-0.2, 0) is 0 Å². The van der Waals surface area contributed by atoms with Crippen LogP contribution < -0.4 is 5.73 Å². The van der Waals surface area contributed by atoms with E-state index < -0.39 is 0 Å². The smallest absolute Gasteiger partial charge is 0.124 e. The van der Waals surface area contributed by atoms with Crippen molar-refractivity contribution < 1.29 is 4.39 Å². The third kappa shape index (κ3) is 2.06. The third-order valence-electron chi connectivity index (χ3n) is 2.56. The molecule has 2 N–H and O–H groups in total. The Labute approximate surface area is 94.7 Å². The minimum absolute atomic E-state index is 0.226. The van der Waals surface area contributed by atoms with Gasteiger partial charge in [-0.25, -0.2) is 4.39 Å². The molecule has 2 aromatic carbocycles. The Morgan fingerprint density at radius 1 is 0.938 bits per heavy atom. The van der Waals surface area contributed by atoms with Crippen molar-refractivity contribution in [1.82, 2.24) is 0 Å². The van der Waals surface area contributed by atoms with Crippen LogP contribution in [0.2, 0.25) is 0 Å². The molecule has 0 saturated carbocycles. The fourth-order valence-corrected chi connectivity index (χ4v) is 1.81. The molecule has 0 radical (unpaired) electrons. The quantitative estimate of drug-likeness (QED) is 0.721. The van der Waals surface area contributed by atoms with Crippen molar-refractivity contribution in [1.29, 1.82) is 0 Å². The van der Waals surface area contributed by atoms with Gasteiger partial charge in [-0.2, -0.15) is 0 Å². The van der Waals surface area contributed by atoms with Gasteiger partial charge in [-0.3, -0.25) is 0 Å². The molecule has 2 aromatic rings. The second kappa shape index (κ2) is 3.97. The molecular weight excluding hydrogens is 201 g/mol. The average molecular weight is 215 g/mol. The molecule has 0 fully saturated rings. The first kappa shape index (κ1) is 10.7. The van der Waals surface area contributed by atoms with Gasteiger partial charge in [0.15, 0.2) is 0 Å². The summed E-state index contributed by atoms with van der Waals surface area (Å²) in [6.45, 7) is 3.87. The summed E-state index contributed by atoms with van der Waals surface area (Å²) in [5, 5.41) is 0. The number of benzene rings is 2. The van der Waals surface area contributed by atoms with E-state index in [0.717, 1.165) is 22.3 Å². The monoisotopic (exact) mass is 215 g/mol. The van der Waals surface area contributed by atoms with Gasteiger partial charge >= 0.3 is 0 Å². The molecule has 0 amide bonds. The molecule has 0 unspecified atom stereocenters. The summed E-state index contributed by atoms with van der Waals surface area (Å²) < 4.78 is 13.3. The van der Waals surface area contributed by atoms with Crippen molar-refractivity contribution in [3.8, 4) is 11.1 Å². The van der Waals surface area contributed by atoms with Crippen LogP contribution in [0.4, 0.5) is 10.1 Å². The Hall–Kier alpha value is -1.83. The number of aryl methyl sites for hydroxylation is 2. The topological polar surface area (TPSA) is 26.0 Å². The van der Waals surface area contributed by atoms with E-state index in [9.17, 15) is 4.39 Å². The first-order valence-corrected chi connectivity index (χ1v) is 5.20. The molecule has 0 heterocycles. The molecular formula is C14H14FN. The van der Waals surface area contributed by atoms with Crippen LogP contribution >= 0.6 is 0 Å². The fraction of sp³-hybridized carbons (Fsp3) is 0.143. The maximum absolute atomic E-state index is 13.3. The van der Waals surface area contributed by atoms with E-state index in [-0.39, 0.29) is 5.82 Å². The van der Waals surface area contributed by atoms with Crippen LogP contribution in [0.5, 0.6) is 0 Å². The Bertz CT molecular complexity index is 512. The minimum Gasteiger partial charge on any atom is -0.398 e. The molecule has 82 valence electrons. The lowest BCUT2D eigenvalue weighted by Gasteiger charge is -2.08. The highest BCUT2D eigenvalue weighted by atomic mass is 19.1. The Balaban J connectivity index is 2.62. The molecule has 0 aliphatic carbocycles. The first-order valence-electron chi connectivity index (χ1n) is 5.20. The zero-order valence-corrected chi connectivity index (χ0v) is 9.42. The van der Waals surface area contributed by atoms with Crippen LogP contribution in [0.3, 0.4) is 0 Å². The SMILES string of the molecule is Cc1cc(F)cc(-c2cc(C)ccc2N)c1. The van der Waals surface area contributed by atoms with Crippen LogP contribution in [0.25, 0.3) is 11.1 Å². The summed E-state index contributed by atoms with van der Waals surface area (Å²) in [7, 11) is 0. The Morgan fingerprint density at radius 3 is 2.38 bits per heavy atom. The van der Waals surface area contributed by atoms with Crippen molar-refractivity contribution in [2.75, 3.05) is 5.73 Å². The zero-order chi connectivity index (χ0) is 11.7. The number of nitrogen functional groups attached to an aromatic ring is 1. The summed E-state index contributed by atoms with van der Waals surface area (Å²) >= 11 is 0. The van der Waals surface area contributed by atoms with E-state index >= 15 is 0 Å². The first-order chi connectivity index (χ1) is 7.56. The van der Waals surface area contributed by atoms with Crippen molar-refractivity contribution >= 4 is 5.69 Å². The van der Waals surface area contributed by atoms with E-state index in [2.05, 4.69) is 0 Å². The van der Waals surface area contributed by atoms with E-state index in [1.54, 1.807) is 0 Å². The van der Waals surface area contributed by atoms with Gasteiger partial charge in [0.1, 0.15) is 5.82 Å². The lowest BCUT2D eigenvalue weighted by atomic mass is 10.00. The summed E-state index contributed by atoms with van der Waals surface area (Å²) in [5.41, 5.74) is 10.3. The third-order valence-corrected chi connectivity index (χ3v) is 2.56. The lowest BCUT2D eigenvalue weighted by molar-refractivity contribution is 0.627. The van der Waals surface area contributed by atoms with Crippen LogP contribution in [-0.4, -0.2) is 0 Å². The van der Waals surface area contributed by atoms with Gasteiger partial charge in [0.25, 0.3) is 0 Å². The second-order valence-corrected chi connectivity index (χ2v) is 4.11. The van der Waals surface area contributed by atoms with E-state index in [4.69, 9.17) is 5.73 Å². The van der Waals surface area contributed by atoms with Gasteiger partial charge in [-0.05, 0) is 49.2 Å². The van der Waals surface area contributed by atoms with Crippen LogP contribution in [0.1, 0.15) is 11.1 Å². The molecule has 0 aliphatic rings. The number of nitrogens with two attached hydrogens (primary N) is 1. The molecule has 0 aliphatic heterocycles. The zero-order valence-electron chi connectivity index (χ0n) is 9.42. The lowest BCUT2D eigenvalue weighted by Crippen LogP contribution is -1.92. The van der Waals surface area contributed by atoms with Crippen molar-refractivity contribution in [2.45, 2.75) is 13.8 Å². The highest BCUT2D eigenvalue weighted by Gasteiger charge is 2.05. The van der Waals surface area contributed by atoms with Gasteiger partial charge in [0.2, 0.25) is 0 Å². The van der Waals surface area contributed by atoms with Gasteiger partial charge in [-0.1, -0.05) is 17.7 Å². The molecule has 0 bridgehead atoms. The summed E-state index contributed by atoms with van der Waals surface area (Å²) in [5.74, 6) is -0.226. The molecule has 0 aromatic heterocycles. The predicted molar refractivity (Wildman–Crippen MR) is 65.7 cm³/mol. The van der Waals surface area contributed by atoms with E-state index in [1.807, 2.05) is 38.1 Å². The van der Waals surface area contributed by atoms with Crippen LogP contribution in [0, 0.1) is 19.7 Å². The van der Waals surface area contributed by atoms with Crippen molar-refractivity contribution in [3.05, 3.63) is 53.3 Å². The summed E-state index contributed by atoms with van der Waals surface area (Å²) in [6, 6.07) is 10.7. The van der Waals surface area contributed by atoms with Gasteiger partial charge in [0, 0.05) is 11.3 Å².